The van der Waals surface area contributed by atoms with Gasteiger partial charge in [0.25, 0.3) is 0 Å². The van der Waals surface area contributed by atoms with E-state index in [1.54, 1.807) is 19.2 Å². The number of carbonyl (C=O) groups is 4. The number of hydrogen-bond donors (Lipinski definition) is 2. The minimum absolute atomic E-state index is 0.0602. The Kier molecular flexibility index (Phi) is 7.61. The number of nitrogens with zero attached hydrogens (tertiary/aromatic N) is 2. The van der Waals surface area contributed by atoms with E-state index < -0.39 is 41.8 Å². The summed E-state index contributed by atoms with van der Waals surface area (Å²) >= 11 is 0. The zero-order chi connectivity index (χ0) is 20.9. The molecular weight excluding hydrogens is 369 g/mol. The molecule has 0 aliphatic carbocycles. The van der Waals surface area contributed by atoms with Crippen molar-refractivity contribution < 1.29 is 32.3 Å². The van der Waals surface area contributed by atoms with Crippen LogP contribution in [0.4, 0.5) is 13.2 Å². The fourth-order valence-electron chi connectivity index (χ4n) is 2.53. The van der Waals surface area contributed by atoms with Crippen molar-refractivity contribution in [3.05, 3.63) is 0 Å². The topological polar surface area (TPSA) is 98.8 Å². The van der Waals surface area contributed by atoms with Crippen LogP contribution in [0.3, 0.4) is 0 Å². The van der Waals surface area contributed by atoms with Crippen LogP contribution >= 0.6 is 0 Å². The van der Waals surface area contributed by atoms with E-state index in [4.69, 9.17) is 0 Å². The van der Waals surface area contributed by atoms with E-state index in [9.17, 15) is 32.3 Å². The first-order valence-corrected chi connectivity index (χ1v) is 8.60. The quantitative estimate of drug-likeness (QED) is 0.650. The van der Waals surface area contributed by atoms with Crippen LogP contribution in [-0.4, -0.2) is 77.9 Å². The van der Waals surface area contributed by atoms with Crippen LogP contribution in [0.1, 0.15) is 27.7 Å². The van der Waals surface area contributed by atoms with Crippen molar-refractivity contribution >= 4 is 23.6 Å². The Hall–Kier alpha value is -2.33. The lowest BCUT2D eigenvalue weighted by Crippen LogP contribution is -2.59. The first-order valence-electron chi connectivity index (χ1n) is 8.60. The number of carbonyl (C=O) groups excluding carboxylic acids is 4. The summed E-state index contributed by atoms with van der Waals surface area (Å²) in [6, 6.07) is -1.53. The van der Waals surface area contributed by atoms with Crippen molar-refractivity contribution in [2.75, 3.05) is 26.2 Å². The van der Waals surface area contributed by atoms with Gasteiger partial charge in [-0.05, 0) is 19.8 Å². The number of nitrogens with one attached hydrogen (secondary N) is 2. The van der Waals surface area contributed by atoms with E-state index >= 15 is 0 Å². The Bertz CT molecular complexity index is 585. The van der Waals surface area contributed by atoms with Gasteiger partial charge in [-0.3, -0.25) is 19.2 Å². The van der Waals surface area contributed by atoms with Crippen LogP contribution < -0.4 is 10.6 Å². The zero-order valence-corrected chi connectivity index (χ0v) is 15.7. The third-order valence-electron chi connectivity index (χ3n) is 3.97. The van der Waals surface area contributed by atoms with Gasteiger partial charge < -0.3 is 20.4 Å². The number of rotatable bonds is 4. The van der Waals surface area contributed by atoms with Gasteiger partial charge in [0.05, 0.1) is 0 Å². The molecular formula is C16H25F3N4O4. The van der Waals surface area contributed by atoms with Gasteiger partial charge in [-0.1, -0.05) is 13.8 Å². The molecule has 1 aliphatic rings. The van der Waals surface area contributed by atoms with Gasteiger partial charge >= 0.3 is 23.9 Å². The molecule has 1 atom stereocenters. The first-order chi connectivity index (χ1) is 12.3. The third-order valence-corrected chi connectivity index (χ3v) is 3.97. The van der Waals surface area contributed by atoms with E-state index in [0.29, 0.717) is 0 Å². The molecule has 8 nitrogen and oxygen atoms in total. The summed E-state index contributed by atoms with van der Waals surface area (Å²) in [7, 11) is 0. The van der Waals surface area contributed by atoms with Gasteiger partial charge in [0.2, 0.25) is 5.91 Å². The predicted molar refractivity (Wildman–Crippen MR) is 89.3 cm³/mol. The van der Waals surface area contributed by atoms with E-state index in [1.807, 2.05) is 0 Å². The molecule has 1 rings (SSSR count). The summed E-state index contributed by atoms with van der Waals surface area (Å²) < 4.78 is 37.4. The molecule has 1 fully saturated rings. The van der Waals surface area contributed by atoms with Crippen molar-refractivity contribution in [3.8, 4) is 0 Å². The molecule has 0 aromatic rings. The molecule has 0 saturated carbocycles. The summed E-state index contributed by atoms with van der Waals surface area (Å²) in [5.74, 6) is -4.85. The Morgan fingerprint density at radius 2 is 1.33 bits per heavy atom. The maximum Gasteiger partial charge on any atom is 0.471 e. The van der Waals surface area contributed by atoms with E-state index in [-0.39, 0.29) is 32.2 Å². The van der Waals surface area contributed by atoms with Gasteiger partial charge in [0.15, 0.2) is 0 Å². The maximum atomic E-state index is 12.5. The fourth-order valence-corrected chi connectivity index (χ4v) is 2.53. The molecule has 0 unspecified atom stereocenters. The summed E-state index contributed by atoms with van der Waals surface area (Å²) in [5.41, 5.74) is 0. The maximum absolute atomic E-state index is 12.5. The SMILES string of the molecule is CC(C)NC(=O)C(=O)N1CCN(C(=O)[C@@H](NC(=O)C(F)(F)F)C(C)C)CC1. The molecule has 1 aliphatic heterocycles. The lowest BCUT2D eigenvalue weighted by molar-refractivity contribution is -0.175. The van der Waals surface area contributed by atoms with Crippen molar-refractivity contribution in [2.45, 2.75) is 46.0 Å². The normalized spacial score (nSPS) is 16.3. The summed E-state index contributed by atoms with van der Waals surface area (Å²) in [6.45, 7) is 6.74. The van der Waals surface area contributed by atoms with Crippen molar-refractivity contribution in [1.82, 2.24) is 20.4 Å². The standard InChI is InChI=1S/C16H25F3N4O4/c1-9(2)11(21-15(27)16(17,18)19)13(25)22-5-7-23(8-6-22)14(26)12(24)20-10(3)4/h9-11H,5-8H2,1-4H3,(H,20,24)(H,21,27)/t11-/m0/s1. The number of hydrogen-bond acceptors (Lipinski definition) is 4. The second-order valence-corrected chi connectivity index (χ2v) is 6.94. The molecule has 0 bridgehead atoms. The lowest BCUT2D eigenvalue weighted by Gasteiger charge is -2.37. The second kappa shape index (κ2) is 9.05. The molecule has 1 heterocycles. The zero-order valence-electron chi connectivity index (χ0n) is 15.7. The molecule has 4 amide bonds. The third kappa shape index (κ3) is 6.40. The van der Waals surface area contributed by atoms with E-state index in [0.717, 1.165) is 0 Å². The summed E-state index contributed by atoms with van der Waals surface area (Å²) in [6.07, 6.45) is -5.08. The van der Waals surface area contributed by atoms with Crippen LogP contribution in [0, 0.1) is 5.92 Å². The lowest BCUT2D eigenvalue weighted by atomic mass is 10.0. The Morgan fingerprint density at radius 1 is 0.852 bits per heavy atom. The monoisotopic (exact) mass is 394 g/mol. The Morgan fingerprint density at radius 3 is 1.74 bits per heavy atom. The molecule has 0 spiro atoms. The van der Waals surface area contributed by atoms with Gasteiger partial charge in [-0.25, -0.2) is 0 Å². The summed E-state index contributed by atoms with van der Waals surface area (Å²) in [4.78, 5) is 50.0. The highest BCUT2D eigenvalue weighted by atomic mass is 19.4. The smallest absolute Gasteiger partial charge is 0.346 e. The van der Waals surface area contributed by atoms with Crippen LogP contribution in [0.5, 0.6) is 0 Å². The molecule has 0 aromatic carbocycles. The van der Waals surface area contributed by atoms with Crippen LogP contribution in [0.15, 0.2) is 0 Å². The van der Waals surface area contributed by atoms with Gasteiger partial charge in [0.1, 0.15) is 6.04 Å². The Balaban J connectivity index is 2.68. The second-order valence-electron chi connectivity index (χ2n) is 6.94. The molecule has 0 radical (unpaired) electrons. The van der Waals surface area contributed by atoms with E-state index in [2.05, 4.69) is 5.32 Å². The molecule has 27 heavy (non-hydrogen) atoms. The fraction of sp³-hybridized carbons (Fsp3) is 0.750. The van der Waals surface area contributed by atoms with Crippen molar-refractivity contribution in [2.24, 2.45) is 5.92 Å². The first kappa shape index (κ1) is 22.7. The van der Waals surface area contributed by atoms with Crippen LogP contribution in [-0.2, 0) is 19.2 Å². The van der Waals surface area contributed by atoms with Crippen LogP contribution in [0.25, 0.3) is 0 Å². The molecule has 11 heteroatoms. The predicted octanol–water partition coefficient (Wildman–Crippen LogP) is -0.115. The Labute approximate surface area is 155 Å². The number of alkyl halides is 3. The molecule has 2 N–H and O–H groups in total. The van der Waals surface area contributed by atoms with Gasteiger partial charge in [-0.2, -0.15) is 13.2 Å². The average Bonchev–Trinajstić information content (AvgIpc) is 2.56. The highest BCUT2D eigenvalue weighted by Gasteiger charge is 2.42. The number of halogens is 3. The average molecular weight is 394 g/mol. The van der Waals surface area contributed by atoms with Crippen molar-refractivity contribution in [3.63, 3.8) is 0 Å². The largest absolute Gasteiger partial charge is 0.471 e. The highest BCUT2D eigenvalue weighted by Crippen LogP contribution is 2.17. The molecule has 154 valence electrons. The molecule has 1 saturated heterocycles. The highest BCUT2D eigenvalue weighted by molar-refractivity contribution is 6.35. The van der Waals surface area contributed by atoms with Crippen molar-refractivity contribution in [1.29, 1.82) is 0 Å². The van der Waals surface area contributed by atoms with Gasteiger partial charge in [-0.15, -0.1) is 0 Å². The number of piperazine rings is 1. The number of amides is 4. The van der Waals surface area contributed by atoms with Crippen LogP contribution in [0.2, 0.25) is 0 Å². The minimum atomic E-state index is -5.08. The van der Waals surface area contributed by atoms with E-state index in [1.165, 1.54) is 23.6 Å². The molecule has 0 aromatic heterocycles. The minimum Gasteiger partial charge on any atom is -0.346 e. The summed E-state index contributed by atoms with van der Waals surface area (Å²) in [5, 5.41) is 4.21. The van der Waals surface area contributed by atoms with Gasteiger partial charge in [0, 0.05) is 32.2 Å².